The van der Waals surface area contributed by atoms with Crippen molar-refractivity contribution in [2.45, 2.75) is 6.92 Å². The van der Waals surface area contributed by atoms with Crippen LogP contribution in [0.1, 0.15) is 18.2 Å². The number of Topliss-reactive ketones (excluding diaryl/α,β-unsaturated/α-hetero) is 1. The Morgan fingerprint density at radius 1 is 1.17 bits per heavy atom. The number of halogens is 1. The molecule has 0 fully saturated rings. The Balaban J connectivity index is 2.50. The number of benzene rings is 1. The molecule has 0 amide bonds. The quantitative estimate of drug-likeness (QED) is 0.782. The number of nitrogens with zero attached hydrogens (tertiary/aromatic N) is 1. The van der Waals surface area contributed by atoms with Gasteiger partial charge in [0.05, 0.1) is 5.69 Å². The summed E-state index contributed by atoms with van der Waals surface area (Å²) in [6.07, 6.45) is 3.44. The number of hydrogen-bond acceptors (Lipinski definition) is 2. The second-order valence-electron chi connectivity index (χ2n) is 3.85. The molecule has 2 nitrogen and oxygen atoms in total. The number of hydrogen-bond donors (Lipinski definition) is 0. The Hall–Kier alpha value is -1.93. The molecule has 0 radical (unpaired) electrons. The Labute approximate surface area is 111 Å². The van der Waals surface area contributed by atoms with Crippen LogP contribution in [0.15, 0.2) is 48.7 Å². The maximum absolute atomic E-state index is 11.7. The molecule has 1 aromatic heterocycles. The van der Waals surface area contributed by atoms with Crippen molar-refractivity contribution >= 4 is 29.0 Å². The number of carbonyl (C=O) groups excluding carboxylic acids is 1. The largest absolute Gasteiger partial charge is 0.294 e. The van der Waals surface area contributed by atoms with Crippen LogP contribution >= 0.6 is 11.6 Å². The third-order valence-electron chi connectivity index (χ3n) is 2.53. The van der Waals surface area contributed by atoms with E-state index in [9.17, 15) is 4.79 Å². The molecule has 2 rings (SSSR count). The Morgan fingerprint density at radius 2 is 1.89 bits per heavy atom. The molecule has 18 heavy (non-hydrogen) atoms. The smallest absolute Gasteiger partial charge is 0.161 e. The average molecular weight is 258 g/mol. The van der Waals surface area contributed by atoms with Gasteiger partial charge in [-0.05, 0) is 36.8 Å². The molecular formula is C15H12ClNO. The summed E-state index contributed by atoms with van der Waals surface area (Å²) in [5, 5.41) is 0.618. The van der Waals surface area contributed by atoms with Gasteiger partial charge >= 0.3 is 0 Å². The van der Waals surface area contributed by atoms with E-state index in [2.05, 4.69) is 4.98 Å². The van der Waals surface area contributed by atoms with E-state index < -0.39 is 0 Å². The van der Waals surface area contributed by atoms with Crippen LogP contribution in [0, 0.1) is 0 Å². The fourth-order valence-corrected chi connectivity index (χ4v) is 1.82. The van der Waals surface area contributed by atoms with Gasteiger partial charge in [0.25, 0.3) is 0 Å². The van der Waals surface area contributed by atoms with Crippen molar-refractivity contribution in [1.29, 1.82) is 0 Å². The molecule has 1 heterocycles. The van der Waals surface area contributed by atoms with Crippen molar-refractivity contribution in [3.63, 3.8) is 0 Å². The number of pyridine rings is 1. The number of ketones is 1. The topological polar surface area (TPSA) is 30.0 Å². The lowest BCUT2D eigenvalue weighted by molar-refractivity contribution is -0.111. The van der Waals surface area contributed by atoms with Crippen LogP contribution in [-0.2, 0) is 4.79 Å². The van der Waals surface area contributed by atoms with Crippen LogP contribution in [0.5, 0.6) is 0 Å². The highest BCUT2D eigenvalue weighted by atomic mass is 35.5. The van der Waals surface area contributed by atoms with Gasteiger partial charge in [0.15, 0.2) is 5.78 Å². The SMILES string of the molecule is CC(=O)/C(=C/c1ccccc1Cl)c1ccccn1. The van der Waals surface area contributed by atoms with Gasteiger partial charge in [-0.15, -0.1) is 0 Å². The average Bonchev–Trinajstić information content (AvgIpc) is 2.38. The van der Waals surface area contributed by atoms with Crippen LogP contribution in [-0.4, -0.2) is 10.8 Å². The highest BCUT2D eigenvalue weighted by Crippen LogP contribution is 2.22. The molecule has 0 saturated carbocycles. The first-order valence-corrected chi connectivity index (χ1v) is 5.95. The van der Waals surface area contributed by atoms with Crippen molar-refractivity contribution in [3.05, 3.63) is 64.9 Å². The van der Waals surface area contributed by atoms with Gasteiger partial charge in [0.2, 0.25) is 0 Å². The molecule has 0 saturated heterocycles. The molecule has 0 unspecified atom stereocenters. The molecule has 0 bridgehead atoms. The van der Waals surface area contributed by atoms with E-state index in [1.54, 1.807) is 18.3 Å². The van der Waals surface area contributed by atoms with Gasteiger partial charge in [0.1, 0.15) is 0 Å². The molecule has 90 valence electrons. The Bertz CT molecular complexity index is 590. The lowest BCUT2D eigenvalue weighted by Crippen LogP contribution is -1.98. The molecule has 0 aliphatic heterocycles. The molecular weight excluding hydrogens is 246 g/mol. The number of aromatic nitrogens is 1. The summed E-state index contributed by atoms with van der Waals surface area (Å²) < 4.78 is 0. The lowest BCUT2D eigenvalue weighted by atomic mass is 10.0. The molecule has 0 aliphatic carbocycles. The van der Waals surface area contributed by atoms with Gasteiger partial charge in [-0.1, -0.05) is 35.9 Å². The fraction of sp³-hybridized carbons (Fsp3) is 0.0667. The minimum Gasteiger partial charge on any atom is -0.294 e. The normalized spacial score (nSPS) is 11.3. The maximum atomic E-state index is 11.7. The first kappa shape index (κ1) is 12.5. The summed E-state index contributed by atoms with van der Waals surface area (Å²) in [5.41, 5.74) is 2.03. The number of allylic oxidation sites excluding steroid dienone is 1. The van der Waals surface area contributed by atoms with E-state index in [1.807, 2.05) is 36.4 Å². The van der Waals surface area contributed by atoms with Crippen LogP contribution < -0.4 is 0 Å². The summed E-state index contributed by atoms with van der Waals surface area (Å²) in [6.45, 7) is 1.53. The second kappa shape index (κ2) is 5.61. The van der Waals surface area contributed by atoms with Crippen molar-refractivity contribution in [2.24, 2.45) is 0 Å². The Morgan fingerprint density at radius 3 is 2.50 bits per heavy atom. The zero-order valence-corrected chi connectivity index (χ0v) is 10.7. The van der Waals surface area contributed by atoms with Crippen LogP contribution in [0.3, 0.4) is 0 Å². The van der Waals surface area contributed by atoms with Gasteiger partial charge in [-0.25, -0.2) is 0 Å². The highest BCUT2D eigenvalue weighted by Gasteiger charge is 2.09. The van der Waals surface area contributed by atoms with E-state index in [0.717, 1.165) is 5.56 Å². The minimum atomic E-state index is -0.0337. The molecule has 2 aromatic rings. The number of rotatable bonds is 3. The standard InChI is InChI=1S/C15H12ClNO/c1-11(18)13(15-8-4-5-9-17-15)10-12-6-2-3-7-14(12)16/h2-10H,1H3/b13-10-. The fourth-order valence-electron chi connectivity index (χ4n) is 1.63. The monoisotopic (exact) mass is 257 g/mol. The molecule has 0 N–H and O–H groups in total. The molecule has 0 atom stereocenters. The van der Waals surface area contributed by atoms with E-state index in [0.29, 0.717) is 16.3 Å². The van der Waals surface area contributed by atoms with Crippen LogP contribution in [0.2, 0.25) is 5.02 Å². The zero-order valence-electron chi connectivity index (χ0n) is 9.93. The van der Waals surface area contributed by atoms with Crippen molar-refractivity contribution in [3.8, 4) is 0 Å². The van der Waals surface area contributed by atoms with Gasteiger partial charge in [-0.3, -0.25) is 9.78 Å². The summed E-state index contributed by atoms with van der Waals surface area (Å²) in [7, 11) is 0. The molecule has 0 spiro atoms. The predicted molar refractivity (Wildman–Crippen MR) is 74.2 cm³/mol. The van der Waals surface area contributed by atoms with Gasteiger partial charge < -0.3 is 0 Å². The van der Waals surface area contributed by atoms with E-state index in [4.69, 9.17) is 11.6 Å². The maximum Gasteiger partial charge on any atom is 0.161 e. The lowest BCUT2D eigenvalue weighted by Gasteiger charge is -2.04. The van der Waals surface area contributed by atoms with E-state index >= 15 is 0 Å². The zero-order chi connectivity index (χ0) is 13.0. The van der Waals surface area contributed by atoms with Gasteiger partial charge in [-0.2, -0.15) is 0 Å². The highest BCUT2D eigenvalue weighted by molar-refractivity contribution is 6.33. The van der Waals surface area contributed by atoms with Crippen LogP contribution in [0.25, 0.3) is 11.6 Å². The molecule has 1 aromatic carbocycles. The van der Waals surface area contributed by atoms with E-state index in [-0.39, 0.29) is 5.78 Å². The third kappa shape index (κ3) is 2.84. The van der Waals surface area contributed by atoms with Crippen molar-refractivity contribution < 1.29 is 4.79 Å². The van der Waals surface area contributed by atoms with Crippen molar-refractivity contribution in [2.75, 3.05) is 0 Å². The third-order valence-corrected chi connectivity index (χ3v) is 2.87. The summed E-state index contributed by atoms with van der Waals surface area (Å²) in [4.78, 5) is 15.9. The van der Waals surface area contributed by atoms with Crippen LogP contribution in [0.4, 0.5) is 0 Å². The summed E-state index contributed by atoms with van der Waals surface area (Å²) in [5.74, 6) is -0.0337. The second-order valence-corrected chi connectivity index (χ2v) is 4.26. The van der Waals surface area contributed by atoms with Gasteiger partial charge in [0, 0.05) is 16.8 Å². The van der Waals surface area contributed by atoms with E-state index in [1.165, 1.54) is 6.92 Å². The summed E-state index contributed by atoms with van der Waals surface area (Å²) >= 11 is 6.08. The predicted octanol–water partition coefficient (Wildman–Crippen LogP) is 3.86. The number of carbonyl (C=O) groups is 1. The molecule has 0 aliphatic rings. The van der Waals surface area contributed by atoms with Crippen molar-refractivity contribution in [1.82, 2.24) is 4.98 Å². The Kier molecular flexibility index (Phi) is 3.90. The first-order valence-electron chi connectivity index (χ1n) is 5.57. The molecule has 3 heteroatoms. The summed E-state index contributed by atoms with van der Waals surface area (Å²) in [6, 6.07) is 12.9. The first-order chi connectivity index (χ1) is 8.68. The minimum absolute atomic E-state index is 0.0337.